The predicted molar refractivity (Wildman–Crippen MR) is 87.3 cm³/mol. The lowest BCUT2D eigenvalue weighted by Gasteiger charge is -2.30. The summed E-state index contributed by atoms with van der Waals surface area (Å²) in [5.41, 5.74) is 2.10. The second kappa shape index (κ2) is 8.15. The van der Waals surface area contributed by atoms with Crippen LogP contribution in [0.15, 0.2) is 24.3 Å². The van der Waals surface area contributed by atoms with Crippen LogP contribution >= 0.6 is 0 Å². The number of carbonyl (C=O) groups is 1. The van der Waals surface area contributed by atoms with Crippen molar-refractivity contribution in [1.82, 2.24) is 10.2 Å². The van der Waals surface area contributed by atoms with E-state index in [-0.39, 0.29) is 5.91 Å². The summed E-state index contributed by atoms with van der Waals surface area (Å²) in [7, 11) is 0. The third-order valence-corrected chi connectivity index (χ3v) is 4.08. The van der Waals surface area contributed by atoms with Crippen LogP contribution in [0.5, 0.6) is 0 Å². The molecule has 1 saturated heterocycles. The minimum Gasteiger partial charge on any atom is -0.326 e. The van der Waals surface area contributed by atoms with Crippen LogP contribution in [0.1, 0.15) is 32.3 Å². The van der Waals surface area contributed by atoms with E-state index in [1.165, 1.54) is 38.4 Å². The molecule has 0 aliphatic carbocycles. The summed E-state index contributed by atoms with van der Waals surface area (Å²) >= 11 is 0. The minimum absolute atomic E-state index is 0.0308. The molecular formula is C17H27N3O. The number of nitrogens with zero attached hydrogens (tertiary/aromatic N) is 1. The van der Waals surface area contributed by atoms with Gasteiger partial charge in [0, 0.05) is 32.2 Å². The number of carbonyl (C=O) groups excluding carboxylic acids is 1. The van der Waals surface area contributed by atoms with Gasteiger partial charge in [-0.2, -0.15) is 0 Å². The van der Waals surface area contributed by atoms with E-state index < -0.39 is 0 Å². The minimum atomic E-state index is -0.0308. The molecule has 4 nitrogen and oxygen atoms in total. The van der Waals surface area contributed by atoms with Crippen LogP contribution in [0.4, 0.5) is 5.69 Å². The molecule has 2 rings (SSSR count). The van der Waals surface area contributed by atoms with Gasteiger partial charge in [0.25, 0.3) is 0 Å². The number of rotatable bonds is 6. The largest absolute Gasteiger partial charge is 0.326 e. The maximum Gasteiger partial charge on any atom is 0.221 e. The normalized spacial score (nSPS) is 16.9. The number of anilines is 1. The van der Waals surface area contributed by atoms with Gasteiger partial charge in [0.05, 0.1) is 0 Å². The highest BCUT2D eigenvalue weighted by molar-refractivity contribution is 5.88. The molecule has 4 heteroatoms. The van der Waals surface area contributed by atoms with Gasteiger partial charge in [-0.25, -0.2) is 0 Å². The standard InChI is InChI=1S/C17H27N3O/c1-14-7-10-20(11-8-14)12-9-18-13-16-3-5-17(6-4-16)19-15(2)21/h3-6,14,18H,7-13H2,1-2H3,(H,19,21). The molecule has 116 valence electrons. The highest BCUT2D eigenvalue weighted by Crippen LogP contribution is 2.15. The fraction of sp³-hybridized carbons (Fsp3) is 0.588. The molecule has 1 fully saturated rings. The van der Waals surface area contributed by atoms with Gasteiger partial charge in [-0.05, 0) is 49.5 Å². The molecule has 0 bridgehead atoms. The summed E-state index contributed by atoms with van der Waals surface area (Å²) in [4.78, 5) is 13.5. The number of likely N-dealkylation sites (tertiary alicyclic amines) is 1. The Balaban J connectivity index is 1.63. The number of piperidine rings is 1. The molecular weight excluding hydrogens is 262 g/mol. The van der Waals surface area contributed by atoms with E-state index in [0.717, 1.165) is 31.2 Å². The second-order valence-electron chi connectivity index (χ2n) is 6.08. The van der Waals surface area contributed by atoms with Crippen molar-refractivity contribution in [2.75, 3.05) is 31.5 Å². The van der Waals surface area contributed by atoms with Crippen LogP contribution in [0, 0.1) is 5.92 Å². The molecule has 1 aliphatic rings. The van der Waals surface area contributed by atoms with Crippen molar-refractivity contribution in [3.63, 3.8) is 0 Å². The summed E-state index contributed by atoms with van der Waals surface area (Å²) in [6.45, 7) is 9.41. The average molecular weight is 289 g/mol. The number of hydrogen-bond donors (Lipinski definition) is 2. The molecule has 1 heterocycles. The van der Waals surface area contributed by atoms with Crippen molar-refractivity contribution >= 4 is 11.6 Å². The number of hydrogen-bond acceptors (Lipinski definition) is 3. The van der Waals surface area contributed by atoms with Crippen molar-refractivity contribution in [2.24, 2.45) is 5.92 Å². The molecule has 0 spiro atoms. The van der Waals surface area contributed by atoms with E-state index in [0.29, 0.717) is 0 Å². The Kier molecular flexibility index (Phi) is 6.21. The smallest absolute Gasteiger partial charge is 0.221 e. The van der Waals surface area contributed by atoms with Gasteiger partial charge in [0.1, 0.15) is 0 Å². The molecule has 1 aliphatic heterocycles. The molecule has 2 N–H and O–H groups in total. The maximum atomic E-state index is 11.0. The Hall–Kier alpha value is -1.39. The highest BCUT2D eigenvalue weighted by atomic mass is 16.1. The zero-order chi connectivity index (χ0) is 15.1. The van der Waals surface area contributed by atoms with Gasteiger partial charge in [-0.3, -0.25) is 4.79 Å². The molecule has 1 aromatic rings. The van der Waals surface area contributed by atoms with E-state index in [1.807, 2.05) is 12.1 Å². The quantitative estimate of drug-likeness (QED) is 0.791. The molecule has 0 saturated carbocycles. The van der Waals surface area contributed by atoms with E-state index in [1.54, 1.807) is 0 Å². The number of amides is 1. The van der Waals surface area contributed by atoms with Crippen LogP contribution in [-0.4, -0.2) is 37.0 Å². The number of nitrogens with one attached hydrogen (secondary N) is 2. The first kappa shape index (κ1) is 16.0. The Morgan fingerprint density at radius 3 is 2.52 bits per heavy atom. The van der Waals surface area contributed by atoms with E-state index in [4.69, 9.17) is 0 Å². The Morgan fingerprint density at radius 1 is 1.24 bits per heavy atom. The SMILES string of the molecule is CC(=O)Nc1ccc(CNCCN2CCC(C)CC2)cc1. The van der Waals surface area contributed by atoms with Crippen molar-refractivity contribution < 1.29 is 4.79 Å². The zero-order valence-corrected chi connectivity index (χ0v) is 13.2. The first-order valence-electron chi connectivity index (χ1n) is 7.93. The van der Waals surface area contributed by atoms with Crippen LogP contribution < -0.4 is 10.6 Å². The molecule has 1 aromatic carbocycles. The topological polar surface area (TPSA) is 44.4 Å². The summed E-state index contributed by atoms with van der Waals surface area (Å²) in [6.07, 6.45) is 2.68. The summed E-state index contributed by atoms with van der Waals surface area (Å²) < 4.78 is 0. The second-order valence-corrected chi connectivity index (χ2v) is 6.08. The first-order chi connectivity index (χ1) is 10.1. The van der Waals surface area contributed by atoms with Crippen molar-refractivity contribution in [3.8, 4) is 0 Å². The van der Waals surface area contributed by atoms with Crippen LogP contribution in [-0.2, 0) is 11.3 Å². The van der Waals surface area contributed by atoms with E-state index in [2.05, 4.69) is 34.6 Å². The Bertz CT molecular complexity index is 436. The van der Waals surface area contributed by atoms with E-state index in [9.17, 15) is 4.79 Å². The van der Waals surface area contributed by atoms with Gasteiger partial charge < -0.3 is 15.5 Å². The maximum absolute atomic E-state index is 11.0. The van der Waals surface area contributed by atoms with Crippen LogP contribution in [0.2, 0.25) is 0 Å². The first-order valence-corrected chi connectivity index (χ1v) is 7.93. The van der Waals surface area contributed by atoms with Crippen LogP contribution in [0.3, 0.4) is 0 Å². The molecule has 1 amide bonds. The van der Waals surface area contributed by atoms with E-state index >= 15 is 0 Å². The lowest BCUT2D eigenvalue weighted by molar-refractivity contribution is -0.114. The summed E-state index contributed by atoms with van der Waals surface area (Å²) in [6, 6.07) is 8.01. The third kappa shape index (κ3) is 5.86. The van der Waals surface area contributed by atoms with Crippen molar-refractivity contribution in [1.29, 1.82) is 0 Å². The van der Waals surface area contributed by atoms with Gasteiger partial charge >= 0.3 is 0 Å². The zero-order valence-electron chi connectivity index (χ0n) is 13.2. The molecule has 0 aromatic heterocycles. The third-order valence-electron chi connectivity index (χ3n) is 4.08. The number of benzene rings is 1. The highest BCUT2D eigenvalue weighted by Gasteiger charge is 2.14. The fourth-order valence-corrected chi connectivity index (χ4v) is 2.66. The molecule has 0 atom stereocenters. The summed E-state index contributed by atoms with van der Waals surface area (Å²) in [5, 5.41) is 6.27. The molecule has 0 unspecified atom stereocenters. The lowest BCUT2D eigenvalue weighted by atomic mass is 9.99. The van der Waals surface area contributed by atoms with Gasteiger partial charge in [0.15, 0.2) is 0 Å². The Morgan fingerprint density at radius 2 is 1.90 bits per heavy atom. The monoisotopic (exact) mass is 289 g/mol. The fourth-order valence-electron chi connectivity index (χ4n) is 2.66. The van der Waals surface area contributed by atoms with Gasteiger partial charge in [-0.1, -0.05) is 19.1 Å². The molecule has 0 radical (unpaired) electrons. The van der Waals surface area contributed by atoms with Gasteiger partial charge in [-0.15, -0.1) is 0 Å². The van der Waals surface area contributed by atoms with Crippen molar-refractivity contribution in [2.45, 2.75) is 33.2 Å². The Labute approximate surface area is 127 Å². The predicted octanol–water partition coefficient (Wildman–Crippen LogP) is 2.47. The van der Waals surface area contributed by atoms with Crippen LogP contribution in [0.25, 0.3) is 0 Å². The molecule has 21 heavy (non-hydrogen) atoms. The summed E-state index contributed by atoms with van der Waals surface area (Å²) in [5.74, 6) is 0.869. The average Bonchev–Trinajstić information content (AvgIpc) is 2.46. The lowest BCUT2D eigenvalue weighted by Crippen LogP contribution is -2.37. The van der Waals surface area contributed by atoms with Gasteiger partial charge in [0.2, 0.25) is 5.91 Å². The van der Waals surface area contributed by atoms with Crippen molar-refractivity contribution in [3.05, 3.63) is 29.8 Å².